The molecule has 0 bridgehead atoms. The van der Waals surface area contributed by atoms with Gasteiger partial charge in [-0.3, -0.25) is 9.59 Å². The van der Waals surface area contributed by atoms with Gasteiger partial charge in [-0.2, -0.15) is 0 Å². The molecule has 1 heterocycles. The standard InChI is InChI=1S/C20H40N2O3Si/c1-19(2,3)26(7,8)25-15-20(4,5)12-9-17(23)22-13-10-16(11-14-22)18(24)21-6/h16H,9-15H2,1-8H3,(H,21,24). The second-order valence-corrected chi connectivity index (χ2v) is 14.8. The summed E-state index contributed by atoms with van der Waals surface area (Å²) in [6.07, 6.45) is 2.92. The Kier molecular flexibility index (Phi) is 7.90. The Hall–Kier alpha value is -0.883. The zero-order valence-electron chi connectivity index (χ0n) is 18.2. The second-order valence-electron chi connectivity index (χ2n) is 9.98. The van der Waals surface area contributed by atoms with E-state index in [4.69, 9.17) is 4.43 Å². The maximum atomic E-state index is 12.5. The van der Waals surface area contributed by atoms with E-state index in [-0.39, 0.29) is 28.2 Å². The normalized spacial score (nSPS) is 17.3. The molecular weight excluding hydrogens is 344 g/mol. The van der Waals surface area contributed by atoms with Crippen LogP contribution in [0.15, 0.2) is 0 Å². The Morgan fingerprint density at radius 2 is 1.65 bits per heavy atom. The summed E-state index contributed by atoms with van der Waals surface area (Å²) in [4.78, 5) is 26.2. The second kappa shape index (κ2) is 8.87. The highest BCUT2D eigenvalue weighted by molar-refractivity contribution is 6.74. The molecule has 1 aliphatic heterocycles. The lowest BCUT2D eigenvalue weighted by Gasteiger charge is -2.39. The number of hydrogen-bond acceptors (Lipinski definition) is 3. The minimum atomic E-state index is -1.76. The summed E-state index contributed by atoms with van der Waals surface area (Å²) in [6.45, 7) is 17.7. The van der Waals surface area contributed by atoms with Crippen molar-refractivity contribution in [3.8, 4) is 0 Å². The quantitative estimate of drug-likeness (QED) is 0.679. The third kappa shape index (κ3) is 6.69. The fraction of sp³-hybridized carbons (Fsp3) is 0.900. The first-order valence-electron chi connectivity index (χ1n) is 9.92. The topological polar surface area (TPSA) is 58.6 Å². The molecule has 0 saturated carbocycles. The molecule has 5 nitrogen and oxygen atoms in total. The summed E-state index contributed by atoms with van der Waals surface area (Å²) in [6, 6.07) is 0. The molecule has 2 amide bonds. The average Bonchev–Trinajstić information content (AvgIpc) is 2.56. The van der Waals surface area contributed by atoms with E-state index in [0.717, 1.165) is 19.3 Å². The van der Waals surface area contributed by atoms with Crippen molar-refractivity contribution in [1.82, 2.24) is 10.2 Å². The van der Waals surface area contributed by atoms with Crippen LogP contribution in [0.4, 0.5) is 0 Å². The third-order valence-corrected chi connectivity index (χ3v) is 10.6. The number of hydrogen-bond donors (Lipinski definition) is 1. The number of carbonyl (C=O) groups excluding carboxylic acids is 2. The highest BCUT2D eigenvalue weighted by atomic mass is 28.4. The summed E-state index contributed by atoms with van der Waals surface area (Å²) in [5, 5.41) is 2.91. The van der Waals surface area contributed by atoms with E-state index in [9.17, 15) is 9.59 Å². The van der Waals surface area contributed by atoms with Gasteiger partial charge < -0.3 is 14.6 Å². The zero-order valence-corrected chi connectivity index (χ0v) is 19.2. The zero-order chi connectivity index (χ0) is 20.2. The van der Waals surface area contributed by atoms with Crippen molar-refractivity contribution in [2.24, 2.45) is 11.3 Å². The number of nitrogens with zero attached hydrogens (tertiary/aromatic N) is 1. The van der Waals surface area contributed by atoms with Crippen LogP contribution >= 0.6 is 0 Å². The van der Waals surface area contributed by atoms with Crippen LogP contribution in [0.25, 0.3) is 0 Å². The number of piperidine rings is 1. The molecule has 1 N–H and O–H groups in total. The lowest BCUT2D eigenvalue weighted by Crippen LogP contribution is -2.44. The molecule has 26 heavy (non-hydrogen) atoms. The number of rotatable bonds is 7. The van der Waals surface area contributed by atoms with Crippen LogP contribution in [-0.2, 0) is 14.0 Å². The summed E-state index contributed by atoms with van der Waals surface area (Å²) < 4.78 is 6.36. The molecular formula is C20H40N2O3Si. The Balaban J connectivity index is 2.43. The molecule has 0 radical (unpaired) electrons. The largest absolute Gasteiger partial charge is 0.416 e. The van der Waals surface area contributed by atoms with E-state index in [1.54, 1.807) is 7.05 Å². The van der Waals surface area contributed by atoms with Crippen molar-refractivity contribution in [2.75, 3.05) is 26.7 Å². The predicted molar refractivity (Wildman–Crippen MR) is 110 cm³/mol. The Morgan fingerprint density at radius 3 is 2.12 bits per heavy atom. The monoisotopic (exact) mass is 384 g/mol. The molecule has 1 aliphatic rings. The van der Waals surface area contributed by atoms with Gasteiger partial charge in [0.05, 0.1) is 0 Å². The van der Waals surface area contributed by atoms with Crippen molar-refractivity contribution in [3.05, 3.63) is 0 Å². The third-order valence-electron chi connectivity index (χ3n) is 6.11. The van der Waals surface area contributed by atoms with Crippen molar-refractivity contribution in [3.63, 3.8) is 0 Å². The molecule has 0 unspecified atom stereocenters. The van der Waals surface area contributed by atoms with Crippen molar-refractivity contribution in [1.29, 1.82) is 0 Å². The highest BCUT2D eigenvalue weighted by Crippen LogP contribution is 2.38. The Bertz CT molecular complexity index is 490. The summed E-state index contributed by atoms with van der Waals surface area (Å²) in [5.41, 5.74) is -0.00833. The van der Waals surface area contributed by atoms with Crippen molar-refractivity contribution in [2.45, 2.75) is 78.4 Å². The minimum Gasteiger partial charge on any atom is -0.416 e. The first-order valence-corrected chi connectivity index (χ1v) is 12.8. The molecule has 152 valence electrons. The maximum absolute atomic E-state index is 12.5. The fourth-order valence-corrected chi connectivity index (χ4v) is 4.05. The Labute approximate surface area is 161 Å². The fourth-order valence-electron chi connectivity index (χ4n) is 2.86. The van der Waals surface area contributed by atoms with Gasteiger partial charge in [-0.25, -0.2) is 0 Å². The molecule has 0 aromatic carbocycles. The summed E-state index contributed by atoms with van der Waals surface area (Å²) in [7, 11) is -0.0841. The number of likely N-dealkylation sites (tertiary alicyclic amines) is 1. The molecule has 1 fully saturated rings. The highest BCUT2D eigenvalue weighted by Gasteiger charge is 2.38. The van der Waals surface area contributed by atoms with Gasteiger partial charge in [0.25, 0.3) is 0 Å². The van der Waals surface area contributed by atoms with E-state index in [1.165, 1.54) is 0 Å². The van der Waals surface area contributed by atoms with Crippen molar-refractivity contribution < 1.29 is 14.0 Å². The number of carbonyl (C=O) groups is 2. The smallest absolute Gasteiger partial charge is 0.222 e. The van der Waals surface area contributed by atoms with Crippen LogP contribution in [0.3, 0.4) is 0 Å². The molecule has 0 aromatic heterocycles. The van der Waals surface area contributed by atoms with Gasteiger partial charge in [0.1, 0.15) is 0 Å². The van der Waals surface area contributed by atoms with E-state index in [1.807, 2.05) is 4.90 Å². The van der Waals surface area contributed by atoms with Crippen LogP contribution in [-0.4, -0.2) is 51.8 Å². The maximum Gasteiger partial charge on any atom is 0.222 e. The molecule has 1 rings (SSSR count). The molecule has 0 aromatic rings. The summed E-state index contributed by atoms with van der Waals surface area (Å²) >= 11 is 0. The van der Waals surface area contributed by atoms with Crippen LogP contribution in [0.2, 0.25) is 18.1 Å². The van der Waals surface area contributed by atoms with Gasteiger partial charge >= 0.3 is 0 Å². The van der Waals surface area contributed by atoms with Gasteiger partial charge in [0.15, 0.2) is 8.32 Å². The van der Waals surface area contributed by atoms with Crippen LogP contribution in [0.5, 0.6) is 0 Å². The van der Waals surface area contributed by atoms with Crippen LogP contribution in [0.1, 0.15) is 60.3 Å². The Morgan fingerprint density at radius 1 is 1.12 bits per heavy atom. The summed E-state index contributed by atoms with van der Waals surface area (Å²) in [5.74, 6) is 0.361. The van der Waals surface area contributed by atoms with E-state index in [0.29, 0.717) is 26.1 Å². The van der Waals surface area contributed by atoms with Crippen molar-refractivity contribution >= 4 is 20.1 Å². The average molecular weight is 385 g/mol. The van der Waals surface area contributed by atoms with Gasteiger partial charge in [0.2, 0.25) is 11.8 Å². The van der Waals surface area contributed by atoms with Crippen LogP contribution < -0.4 is 5.32 Å². The van der Waals surface area contributed by atoms with Gasteiger partial charge in [-0.1, -0.05) is 34.6 Å². The number of nitrogens with one attached hydrogen (secondary N) is 1. The van der Waals surface area contributed by atoms with Crippen LogP contribution in [0, 0.1) is 11.3 Å². The first-order chi connectivity index (χ1) is 11.8. The minimum absolute atomic E-state index is 0.00833. The molecule has 0 atom stereocenters. The molecule has 1 saturated heterocycles. The van der Waals surface area contributed by atoms with Gasteiger partial charge in [-0.15, -0.1) is 0 Å². The lowest BCUT2D eigenvalue weighted by molar-refractivity contribution is -0.136. The molecule has 6 heteroatoms. The van der Waals surface area contributed by atoms with Gasteiger partial charge in [0, 0.05) is 39.1 Å². The van der Waals surface area contributed by atoms with Gasteiger partial charge in [-0.05, 0) is 42.8 Å². The lowest BCUT2D eigenvalue weighted by atomic mass is 9.88. The van der Waals surface area contributed by atoms with E-state index in [2.05, 4.69) is 53.0 Å². The molecule has 0 spiro atoms. The number of amides is 2. The van der Waals surface area contributed by atoms with E-state index < -0.39 is 8.32 Å². The first kappa shape index (κ1) is 23.2. The molecule has 0 aliphatic carbocycles. The van der Waals surface area contributed by atoms with E-state index >= 15 is 0 Å². The predicted octanol–water partition coefficient (Wildman–Crippen LogP) is 3.80. The SMILES string of the molecule is CNC(=O)C1CCN(C(=O)CCC(C)(C)CO[Si](C)(C)C(C)(C)C)CC1.